The number of rotatable bonds is 7. The van der Waals surface area contributed by atoms with Crippen molar-refractivity contribution in [2.24, 2.45) is 5.92 Å². The van der Waals surface area contributed by atoms with Crippen molar-refractivity contribution in [3.8, 4) is 0 Å². The van der Waals surface area contributed by atoms with Crippen LogP contribution in [0.4, 0.5) is 5.69 Å². The molecule has 0 radical (unpaired) electrons. The van der Waals surface area contributed by atoms with Crippen LogP contribution < -0.4 is 10.6 Å². The molecule has 2 aromatic rings. The molecule has 2 N–H and O–H groups in total. The van der Waals surface area contributed by atoms with Crippen LogP contribution in [0.15, 0.2) is 47.8 Å². The van der Waals surface area contributed by atoms with E-state index in [4.69, 9.17) is 4.74 Å². The molecular formula is C19H22N2O4S. The number of nitrogens with one attached hydrogen (secondary N) is 2. The van der Waals surface area contributed by atoms with Gasteiger partial charge in [0.15, 0.2) is 6.10 Å². The molecule has 0 aliphatic carbocycles. The quantitative estimate of drug-likeness (QED) is 0.730. The van der Waals surface area contributed by atoms with Gasteiger partial charge in [-0.3, -0.25) is 9.59 Å². The van der Waals surface area contributed by atoms with Gasteiger partial charge in [-0.05, 0) is 36.4 Å². The molecule has 0 saturated carbocycles. The Morgan fingerprint density at radius 3 is 2.27 bits per heavy atom. The smallest absolute Gasteiger partial charge is 0.329 e. The summed E-state index contributed by atoms with van der Waals surface area (Å²) in [6.45, 7) is 5.10. The summed E-state index contributed by atoms with van der Waals surface area (Å²) in [5, 5.41) is 7.14. The average molecular weight is 374 g/mol. The second-order valence-corrected chi connectivity index (χ2v) is 7.05. The standard InChI is InChI=1S/C19H22N2O4S/c1-12(2)16(21-18(23)15-10-7-11-26-15)19(24)25-13(3)17(22)20-14-8-5-4-6-9-14/h4-13,16H,1-3H3,(H,20,22)(H,21,23)/t13-,16-/m1/s1. The first-order chi connectivity index (χ1) is 12.4. The molecule has 2 rings (SSSR count). The van der Waals surface area contributed by atoms with Crippen LogP contribution in [0.25, 0.3) is 0 Å². The van der Waals surface area contributed by atoms with Crippen LogP contribution in [0.2, 0.25) is 0 Å². The molecule has 0 spiro atoms. The van der Waals surface area contributed by atoms with Crippen LogP contribution in [0.1, 0.15) is 30.4 Å². The molecule has 138 valence electrons. The molecule has 0 bridgehead atoms. The summed E-state index contributed by atoms with van der Waals surface area (Å²) >= 11 is 1.29. The summed E-state index contributed by atoms with van der Waals surface area (Å²) < 4.78 is 5.26. The maximum Gasteiger partial charge on any atom is 0.329 e. The summed E-state index contributed by atoms with van der Waals surface area (Å²) in [5.41, 5.74) is 0.617. The van der Waals surface area contributed by atoms with E-state index < -0.39 is 24.0 Å². The zero-order valence-electron chi connectivity index (χ0n) is 14.9. The second-order valence-electron chi connectivity index (χ2n) is 6.11. The molecular weight excluding hydrogens is 352 g/mol. The number of ether oxygens (including phenoxy) is 1. The van der Waals surface area contributed by atoms with Crippen LogP contribution >= 0.6 is 11.3 Å². The fraction of sp³-hybridized carbons (Fsp3) is 0.316. The van der Waals surface area contributed by atoms with Crippen LogP contribution in [0.3, 0.4) is 0 Å². The monoisotopic (exact) mass is 374 g/mol. The number of amides is 2. The first-order valence-electron chi connectivity index (χ1n) is 8.29. The van der Waals surface area contributed by atoms with Crippen LogP contribution in [0.5, 0.6) is 0 Å². The van der Waals surface area contributed by atoms with Crippen molar-refractivity contribution in [2.75, 3.05) is 5.32 Å². The van der Waals surface area contributed by atoms with E-state index >= 15 is 0 Å². The van der Waals surface area contributed by atoms with Gasteiger partial charge in [0.25, 0.3) is 11.8 Å². The van der Waals surface area contributed by atoms with E-state index in [1.807, 2.05) is 6.07 Å². The van der Waals surface area contributed by atoms with Crippen LogP contribution in [-0.2, 0) is 14.3 Å². The third kappa shape index (κ3) is 5.42. The normalized spacial score (nSPS) is 12.9. The van der Waals surface area contributed by atoms with Crippen LogP contribution in [0, 0.1) is 5.92 Å². The fourth-order valence-electron chi connectivity index (χ4n) is 2.18. The summed E-state index contributed by atoms with van der Waals surface area (Å²) in [6, 6.07) is 11.5. The highest BCUT2D eigenvalue weighted by Crippen LogP contribution is 2.12. The summed E-state index contributed by atoms with van der Waals surface area (Å²) in [6.07, 6.45) is -0.984. The summed E-state index contributed by atoms with van der Waals surface area (Å²) in [7, 11) is 0. The highest BCUT2D eigenvalue weighted by Gasteiger charge is 2.29. The molecule has 2 amide bonds. The molecule has 0 aliphatic rings. The van der Waals surface area contributed by atoms with Crippen molar-refractivity contribution < 1.29 is 19.1 Å². The zero-order chi connectivity index (χ0) is 19.1. The van der Waals surface area contributed by atoms with Gasteiger partial charge in [0.05, 0.1) is 4.88 Å². The van der Waals surface area contributed by atoms with E-state index in [0.29, 0.717) is 10.6 Å². The SMILES string of the molecule is CC(C)[C@@H](NC(=O)c1cccs1)C(=O)O[C@H](C)C(=O)Nc1ccccc1. The van der Waals surface area contributed by atoms with E-state index in [-0.39, 0.29) is 11.8 Å². The lowest BCUT2D eigenvalue weighted by molar-refractivity contribution is -0.156. The molecule has 0 fully saturated rings. The Bertz CT molecular complexity index is 744. The van der Waals surface area contributed by atoms with E-state index in [2.05, 4.69) is 10.6 Å². The first-order valence-corrected chi connectivity index (χ1v) is 9.17. The Hall–Kier alpha value is -2.67. The Morgan fingerprint density at radius 2 is 1.69 bits per heavy atom. The maximum absolute atomic E-state index is 12.4. The number of thiophene rings is 1. The third-order valence-electron chi connectivity index (χ3n) is 3.66. The molecule has 6 nitrogen and oxygen atoms in total. The lowest BCUT2D eigenvalue weighted by Crippen LogP contribution is -2.47. The molecule has 1 aromatic carbocycles. The van der Waals surface area contributed by atoms with Gasteiger partial charge in [-0.2, -0.15) is 0 Å². The van der Waals surface area contributed by atoms with Gasteiger partial charge in [0.1, 0.15) is 6.04 Å². The predicted molar refractivity (Wildman–Crippen MR) is 101 cm³/mol. The van der Waals surface area contributed by atoms with E-state index in [0.717, 1.165) is 0 Å². The number of carbonyl (C=O) groups excluding carboxylic acids is 3. The van der Waals surface area contributed by atoms with Crippen molar-refractivity contribution in [1.29, 1.82) is 0 Å². The minimum Gasteiger partial charge on any atom is -0.451 e. The fourth-order valence-corrected chi connectivity index (χ4v) is 2.81. The number of hydrogen-bond donors (Lipinski definition) is 2. The highest BCUT2D eigenvalue weighted by molar-refractivity contribution is 7.12. The van der Waals surface area contributed by atoms with Gasteiger partial charge in [-0.25, -0.2) is 4.79 Å². The van der Waals surface area contributed by atoms with Crippen molar-refractivity contribution in [3.05, 3.63) is 52.7 Å². The number of esters is 1. The Balaban J connectivity index is 1.95. The van der Waals surface area contributed by atoms with Gasteiger partial charge >= 0.3 is 5.97 Å². The van der Waals surface area contributed by atoms with Crippen molar-refractivity contribution in [2.45, 2.75) is 32.9 Å². The third-order valence-corrected chi connectivity index (χ3v) is 4.52. The molecule has 7 heteroatoms. The Morgan fingerprint density at radius 1 is 1.00 bits per heavy atom. The molecule has 26 heavy (non-hydrogen) atoms. The van der Waals surface area contributed by atoms with Crippen LogP contribution in [-0.4, -0.2) is 29.9 Å². The molecule has 1 aromatic heterocycles. The molecule has 0 aliphatic heterocycles. The summed E-state index contributed by atoms with van der Waals surface area (Å²) in [5.74, 6) is -1.59. The molecule has 0 saturated heterocycles. The lowest BCUT2D eigenvalue weighted by Gasteiger charge is -2.22. The molecule has 2 atom stereocenters. The van der Waals surface area contributed by atoms with E-state index in [1.54, 1.807) is 55.6 Å². The van der Waals surface area contributed by atoms with Gasteiger partial charge in [0.2, 0.25) is 0 Å². The summed E-state index contributed by atoms with van der Waals surface area (Å²) in [4.78, 5) is 37.3. The Kier molecular flexibility index (Phi) is 6.91. The van der Waals surface area contributed by atoms with Gasteiger partial charge in [-0.15, -0.1) is 11.3 Å². The van der Waals surface area contributed by atoms with Gasteiger partial charge in [-0.1, -0.05) is 38.1 Å². The van der Waals surface area contributed by atoms with Gasteiger partial charge < -0.3 is 15.4 Å². The number of benzene rings is 1. The maximum atomic E-state index is 12.4. The zero-order valence-corrected chi connectivity index (χ0v) is 15.7. The van der Waals surface area contributed by atoms with Gasteiger partial charge in [0, 0.05) is 5.69 Å². The van der Waals surface area contributed by atoms with Crippen molar-refractivity contribution in [1.82, 2.24) is 5.32 Å². The number of hydrogen-bond acceptors (Lipinski definition) is 5. The molecule has 1 heterocycles. The number of para-hydroxylation sites is 1. The number of carbonyl (C=O) groups is 3. The Labute approximate surface area is 156 Å². The predicted octanol–water partition coefficient (Wildman–Crippen LogP) is 3.07. The first kappa shape index (κ1) is 19.7. The average Bonchev–Trinajstić information content (AvgIpc) is 3.14. The highest BCUT2D eigenvalue weighted by atomic mass is 32.1. The topological polar surface area (TPSA) is 84.5 Å². The largest absolute Gasteiger partial charge is 0.451 e. The molecule has 0 unspecified atom stereocenters. The minimum absolute atomic E-state index is 0.184. The second kappa shape index (κ2) is 9.15. The lowest BCUT2D eigenvalue weighted by atomic mass is 10.0. The van der Waals surface area contributed by atoms with E-state index in [1.165, 1.54) is 18.3 Å². The minimum atomic E-state index is -0.984. The van der Waals surface area contributed by atoms with Crippen molar-refractivity contribution >= 4 is 34.8 Å². The van der Waals surface area contributed by atoms with E-state index in [9.17, 15) is 14.4 Å². The van der Waals surface area contributed by atoms with Crippen molar-refractivity contribution in [3.63, 3.8) is 0 Å². The number of anilines is 1.